The van der Waals surface area contributed by atoms with Crippen LogP contribution in [0.4, 0.5) is 9.59 Å². The molecule has 5 N–H and O–H groups in total. The van der Waals surface area contributed by atoms with Crippen LogP contribution in [0.1, 0.15) is 70.6 Å². The monoisotopic (exact) mass is 762 g/mol. The molecule has 0 bridgehead atoms. The van der Waals surface area contributed by atoms with Crippen LogP contribution >= 0.6 is 0 Å². The van der Waals surface area contributed by atoms with Gasteiger partial charge in [-0.3, -0.25) is 9.59 Å². The van der Waals surface area contributed by atoms with Gasteiger partial charge >= 0.3 is 18.2 Å². The number of carboxylic acid groups (broad SMARTS) is 1. The predicted molar refractivity (Wildman–Crippen MR) is 205 cm³/mol. The van der Waals surface area contributed by atoms with E-state index in [1.54, 1.807) is 34.6 Å². The Kier molecular flexibility index (Phi) is 18.1. The minimum atomic E-state index is -1.39. The van der Waals surface area contributed by atoms with E-state index in [1.807, 2.05) is 91.0 Å². The van der Waals surface area contributed by atoms with Gasteiger partial charge in [-0.05, 0) is 70.6 Å². The Hall–Kier alpha value is -5.47. The Morgan fingerprint density at radius 3 is 1.55 bits per heavy atom. The minimum Gasteiger partial charge on any atom is -0.480 e. The lowest BCUT2D eigenvalue weighted by atomic mass is 10.1. The fourth-order valence-electron chi connectivity index (χ4n) is 5.22. The molecule has 0 aromatic heterocycles. The van der Waals surface area contributed by atoms with E-state index in [2.05, 4.69) is 21.3 Å². The van der Waals surface area contributed by atoms with Crippen molar-refractivity contribution in [3.63, 3.8) is 0 Å². The Bertz CT molecular complexity index is 1640. The predicted octanol–water partition coefficient (Wildman–Crippen LogP) is 5.24. The summed E-state index contributed by atoms with van der Waals surface area (Å²) < 4.78 is 22.6. The standard InChI is InChI=1S/C41H54N4O10/c1-28(52-25-30-17-9-6-10-18-30)34(36(46)43-33(38(48)49)23-15-16-24-42-39(50)54-27-32-21-13-8-14-22-32)44-37(47)35(45-40(51)55-41(3,4)5)29(2)53-26-31-19-11-7-12-20-31/h6-14,17-22,28-29,33-35H,15-16,23-27H2,1-5H3,(H,42,50)(H,43,46)(H,44,47)(H,45,51)(H,48,49)/t28-,29-,33+,34+,35+/m1/s1. The van der Waals surface area contributed by atoms with Crippen molar-refractivity contribution < 1.29 is 48.0 Å². The van der Waals surface area contributed by atoms with Crippen molar-refractivity contribution in [2.75, 3.05) is 6.54 Å². The van der Waals surface area contributed by atoms with E-state index in [0.29, 0.717) is 12.8 Å². The minimum absolute atomic E-state index is 0.0366. The Labute approximate surface area is 322 Å². The van der Waals surface area contributed by atoms with Gasteiger partial charge in [-0.15, -0.1) is 0 Å². The quantitative estimate of drug-likeness (QED) is 0.0898. The van der Waals surface area contributed by atoms with Crippen LogP contribution in [0, 0.1) is 0 Å². The third-order valence-electron chi connectivity index (χ3n) is 8.20. The number of benzene rings is 3. The molecule has 0 saturated carbocycles. The summed E-state index contributed by atoms with van der Waals surface area (Å²) in [6.07, 6.45) is -2.53. The lowest BCUT2D eigenvalue weighted by Gasteiger charge is -2.30. The van der Waals surface area contributed by atoms with Crippen LogP contribution in [-0.4, -0.2) is 77.6 Å². The van der Waals surface area contributed by atoms with Crippen molar-refractivity contribution in [2.45, 2.75) is 110 Å². The SMILES string of the molecule is C[C@@H](OCc1ccccc1)[C@H](NC(=O)OC(C)(C)C)C(=O)N[C@H](C(=O)N[C@@H](CCCCNC(=O)OCc1ccccc1)C(=O)O)[C@@H](C)OCc1ccccc1. The molecule has 3 aromatic carbocycles. The normalized spacial score (nSPS) is 13.9. The summed E-state index contributed by atoms with van der Waals surface area (Å²) >= 11 is 0. The summed E-state index contributed by atoms with van der Waals surface area (Å²) in [4.78, 5) is 65.1. The zero-order valence-electron chi connectivity index (χ0n) is 32.1. The summed E-state index contributed by atoms with van der Waals surface area (Å²) in [6, 6.07) is 23.6. The second-order valence-electron chi connectivity index (χ2n) is 14.0. The lowest BCUT2D eigenvalue weighted by molar-refractivity contribution is -0.143. The van der Waals surface area contributed by atoms with Gasteiger partial charge < -0.3 is 45.3 Å². The maximum atomic E-state index is 14.0. The first-order valence-corrected chi connectivity index (χ1v) is 18.3. The van der Waals surface area contributed by atoms with Gasteiger partial charge in [0.2, 0.25) is 11.8 Å². The van der Waals surface area contributed by atoms with Crippen LogP contribution in [0.2, 0.25) is 0 Å². The van der Waals surface area contributed by atoms with Crippen LogP contribution in [0.3, 0.4) is 0 Å². The molecule has 3 aromatic rings. The van der Waals surface area contributed by atoms with E-state index in [0.717, 1.165) is 16.7 Å². The van der Waals surface area contributed by atoms with Crippen molar-refractivity contribution in [1.29, 1.82) is 0 Å². The molecular weight excluding hydrogens is 708 g/mol. The lowest BCUT2D eigenvalue weighted by Crippen LogP contribution is -2.61. The van der Waals surface area contributed by atoms with E-state index in [9.17, 15) is 29.1 Å². The second kappa shape index (κ2) is 22.7. The van der Waals surface area contributed by atoms with Gasteiger partial charge in [0.05, 0.1) is 25.4 Å². The summed E-state index contributed by atoms with van der Waals surface area (Å²) in [6.45, 7) is 8.80. The van der Waals surface area contributed by atoms with Gasteiger partial charge in [0.25, 0.3) is 0 Å². The van der Waals surface area contributed by atoms with Crippen LogP contribution in [0.25, 0.3) is 0 Å². The highest BCUT2D eigenvalue weighted by Gasteiger charge is 2.36. The highest BCUT2D eigenvalue weighted by molar-refractivity contribution is 5.93. The molecule has 0 radical (unpaired) electrons. The third-order valence-corrected chi connectivity index (χ3v) is 8.20. The van der Waals surface area contributed by atoms with Gasteiger partial charge in [-0.2, -0.15) is 0 Å². The van der Waals surface area contributed by atoms with E-state index in [-0.39, 0.29) is 32.8 Å². The first-order chi connectivity index (χ1) is 26.2. The molecule has 298 valence electrons. The molecule has 0 spiro atoms. The number of unbranched alkanes of at least 4 members (excludes halogenated alkanes) is 1. The summed E-state index contributed by atoms with van der Waals surface area (Å²) in [7, 11) is 0. The Balaban J connectivity index is 1.69. The third kappa shape index (κ3) is 17.0. The van der Waals surface area contributed by atoms with Gasteiger partial charge in [0, 0.05) is 6.54 Å². The van der Waals surface area contributed by atoms with Gasteiger partial charge in [0.1, 0.15) is 30.3 Å². The van der Waals surface area contributed by atoms with Crippen molar-refractivity contribution in [3.05, 3.63) is 108 Å². The fourth-order valence-corrected chi connectivity index (χ4v) is 5.22. The first kappa shape index (κ1) is 43.9. The highest BCUT2D eigenvalue weighted by Crippen LogP contribution is 2.13. The summed E-state index contributed by atoms with van der Waals surface area (Å²) in [5.74, 6) is -2.87. The van der Waals surface area contributed by atoms with Gasteiger partial charge in [-0.1, -0.05) is 91.0 Å². The molecule has 3 rings (SSSR count). The number of nitrogens with one attached hydrogen (secondary N) is 4. The number of hydrogen-bond acceptors (Lipinski definition) is 9. The fraction of sp³-hybridized carbons (Fsp3) is 0.439. The van der Waals surface area contributed by atoms with Crippen LogP contribution in [0.15, 0.2) is 91.0 Å². The van der Waals surface area contributed by atoms with Crippen molar-refractivity contribution in [1.82, 2.24) is 21.3 Å². The number of hydrogen-bond donors (Lipinski definition) is 5. The van der Waals surface area contributed by atoms with Gasteiger partial charge in [-0.25, -0.2) is 14.4 Å². The van der Waals surface area contributed by atoms with Crippen molar-refractivity contribution in [3.8, 4) is 0 Å². The molecule has 0 fully saturated rings. The Morgan fingerprint density at radius 1 is 0.618 bits per heavy atom. The maximum Gasteiger partial charge on any atom is 0.408 e. The number of carbonyl (C=O) groups excluding carboxylic acids is 4. The van der Waals surface area contributed by atoms with Crippen LogP contribution in [0.5, 0.6) is 0 Å². The van der Waals surface area contributed by atoms with E-state index in [1.165, 1.54) is 0 Å². The molecular formula is C41H54N4O10. The maximum absolute atomic E-state index is 14.0. The molecule has 0 aliphatic heterocycles. The molecule has 14 heteroatoms. The number of ether oxygens (including phenoxy) is 4. The number of amides is 4. The van der Waals surface area contributed by atoms with Crippen LogP contribution in [-0.2, 0) is 53.2 Å². The number of aliphatic carboxylic acids is 1. The number of alkyl carbamates (subject to hydrolysis) is 2. The molecule has 5 atom stereocenters. The van der Waals surface area contributed by atoms with E-state index >= 15 is 0 Å². The smallest absolute Gasteiger partial charge is 0.408 e. The molecule has 0 saturated heterocycles. The summed E-state index contributed by atoms with van der Waals surface area (Å²) in [5, 5.41) is 20.4. The number of carboxylic acids is 1. The second-order valence-corrected chi connectivity index (χ2v) is 14.0. The zero-order valence-corrected chi connectivity index (χ0v) is 32.1. The van der Waals surface area contributed by atoms with Crippen molar-refractivity contribution in [2.24, 2.45) is 0 Å². The van der Waals surface area contributed by atoms with E-state index < -0.39 is 65.9 Å². The Morgan fingerprint density at radius 2 is 1.07 bits per heavy atom. The average Bonchev–Trinajstić information content (AvgIpc) is 3.16. The number of carbonyl (C=O) groups is 5. The van der Waals surface area contributed by atoms with Gasteiger partial charge in [0.15, 0.2) is 0 Å². The summed E-state index contributed by atoms with van der Waals surface area (Å²) in [5.41, 5.74) is 1.63. The average molecular weight is 763 g/mol. The molecule has 55 heavy (non-hydrogen) atoms. The highest BCUT2D eigenvalue weighted by atomic mass is 16.6. The molecule has 14 nitrogen and oxygen atoms in total. The molecule has 0 aliphatic carbocycles. The van der Waals surface area contributed by atoms with E-state index in [4.69, 9.17) is 18.9 Å². The number of rotatable bonds is 21. The van der Waals surface area contributed by atoms with Crippen molar-refractivity contribution >= 4 is 30.0 Å². The first-order valence-electron chi connectivity index (χ1n) is 18.3. The molecule has 0 heterocycles. The molecule has 0 aliphatic rings. The largest absolute Gasteiger partial charge is 0.480 e. The molecule has 4 amide bonds. The van der Waals surface area contributed by atoms with Crippen LogP contribution < -0.4 is 21.3 Å². The zero-order chi connectivity index (χ0) is 40.2. The topological polar surface area (TPSA) is 191 Å². The molecule has 0 unspecified atom stereocenters.